The first-order valence-electron chi connectivity index (χ1n) is 9.29. The molecule has 0 bridgehead atoms. The molecule has 1 aromatic carbocycles. The number of tetrazole rings is 1. The van der Waals surface area contributed by atoms with Crippen LogP contribution in [0.25, 0.3) is 0 Å². The number of nitrogens with zero attached hydrogens (tertiary/aromatic N) is 5. The quantitative estimate of drug-likeness (QED) is 0.886. The number of ether oxygens (including phenoxy) is 1. The Morgan fingerprint density at radius 3 is 2.44 bits per heavy atom. The van der Waals surface area contributed by atoms with E-state index in [0.29, 0.717) is 32.5 Å². The van der Waals surface area contributed by atoms with E-state index in [1.165, 1.54) is 5.56 Å². The van der Waals surface area contributed by atoms with Crippen LogP contribution in [0, 0.1) is 0 Å². The molecular weight excluding hydrogens is 344 g/mol. The maximum atomic E-state index is 12.4. The van der Waals surface area contributed by atoms with Gasteiger partial charge in [0.1, 0.15) is 5.60 Å². The van der Waals surface area contributed by atoms with Gasteiger partial charge >= 0.3 is 6.09 Å². The number of rotatable bonds is 4. The molecule has 1 saturated heterocycles. The SMILES string of the molecule is Cn1nnnc1C1(NCc2ccccc2)CCN(C(=O)OC(C)(C)C)CC1. The molecule has 0 spiro atoms. The van der Waals surface area contributed by atoms with E-state index in [1.807, 2.05) is 46.0 Å². The van der Waals surface area contributed by atoms with Crippen molar-refractivity contribution in [3.8, 4) is 0 Å². The molecule has 0 aliphatic carbocycles. The number of likely N-dealkylation sites (tertiary alicyclic amines) is 1. The number of nitrogens with one attached hydrogen (secondary N) is 1. The van der Waals surface area contributed by atoms with Gasteiger partial charge in [0.15, 0.2) is 5.82 Å². The van der Waals surface area contributed by atoms with E-state index >= 15 is 0 Å². The monoisotopic (exact) mass is 372 g/mol. The predicted octanol–water partition coefficient (Wildman–Crippen LogP) is 2.23. The van der Waals surface area contributed by atoms with Gasteiger partial charge < -0.3 is 15.0 Å². The van der Waals surface area contributed by atoms with Crippen LogP contribution in [0.4, 0.5) is 4.79 Å². The second-order valence-corrected chi connectivity index (χ2v) is 8.01. The van der Waals surface area contributed by atoms with E-state index in [4.69, 9.17) is 4.74 Å². The predicted molar refractivity (Wildman–Crippen MR) is 101 cm³/mol. The van der Waals surface area contributed by atoms with Crippen molar-refractivity contribution in [1.82, 2.24) is 30.4 Å². The molecule has 2 heterocycles. The Balaban J connectivity index is 1.73. The highest BCUT2D eigenvalue weighted by Crippen LogP contribution is 2.32. The summed E-state index contributed by atoms with van der Waals surface area (Å²) in [6.45, 7) is 7.52. The van der Waals surface area contributed by atoms with Crippen molar-refractivity contribution in [3.05, 3.63) is 41.7 Å². The molecule has 146 valence electrons. The fourth-order valence-electron chi connectivity index (χ4n) is 3.38. The largest absolute Gasteiger partial charge is 0.444 e. The molecule has 0 unspecified atom stereocenters. The van der Waals surface area contributed by atoms with E-state index < -0.39 is 5.60 Å². The van der Waals surface area contributed by atoms with Crippen LogP contribution in [-0.4, -0.2) is 49.9 Å². The molecule has 8 nitrogen and oxygen atoms in total. The normalized spacial score (nSPS) is 17.0. The average molecular weight is 372 g/mol. The van der Waals surface area contributed by atoms with Crippen molar-refractivity contribution >= 4 is 6.09 Å². The van der Waals surface area contributed by atoms with E-state index in [-0.39, 0.29) is 11.6 Å². The molecule has 1 aliphatic rings. The number of hydrogen-bond acceptors (Lipinski definition) is 6. The number of benzene rings is 1. The third-order valence-corrected chi connectivity index (χ3v) is 4.79. The lowest BCUT2D eigenvalue weighted by Crippen LogP contribution is -2.54. The van der Waals surface area contributed by atoms with E-state index in [1.54, 1.807) is 9.58 Å². The lowest BCUT2D eigenvalue weighted by molar-refractivity contribution is 0.0132. The van der Waals surface area contributed by atoms with Gasteiger partial charge in [0.05, 0.1) is 5.54 Å². The number of aryl methyl sites for hydroxylation is 1. The Morgan fingerprint density at radius 2 is 1.89 bits per heavy atom. The van der Waals surface area contributed by atoms with E-state index in [9.17, 15) is 4.79 Å². The minimum absolute atomic E-state index is 0.268. The molecule has 2 aromatic rings. The number of carbonyl (C=O) groups is 1. The third kappa shape index (κ3) is 4.63. The summed E-state index contributed by atoms with van der Waals surface area (Å²) in [5, 5.41) is 15.7. The number of piperidine rings is 1. The molecule has 27 heavy (non-hydrogen) atoms. The summed E-state index contributed by atoms with van der Waals surface area (Å²) < 4.78 is 7.22. The summed E-state index contributed by atoms with van der Waals surface area (Å²) in [5.41, 5.74) is 0.318. The molecule has 1 N–H and O–H groups in total. The average Bonchev–Trinajstić information content (AvgIpc) is 3.06. The lowest BCUT2D eigenvalue weighted by Gasteiger charge is -2.41. The van der Waals surface area contributed by atoms with Crippen molar-refractivity contribution in [1.29, 1.82) is 0 Å². The van der Waals surface area contributed by atoms with Crippen LogP contribution >= 0.6 is 0 Å². The molecule has 8 heteroatoms. The highest BCUT2D eigenvalue weighted by atomic mass is 16.6. The Morgan fingerprint density at radius 1 is 1.22 bits per heavy atom. The topological polar surface area (TPSA) is 85.2 Å². The van der Waals surface area contributed by atoms with Gasteiger partial charge in [0, 0.05) is 26.7 Å². The molecule has 0 radical (unpaired) electrons. The summed E-state index contributed by atoms with van der Waals surface area (Å²) >= 11 is 0. The Labute approximate surface area is 159 Å². The minimum atomic E-state index is -0.495. The number of hydrogen-bond donors (Lipinski definition) is 1. The molecule has 1 aliphatic heterocycles. The van der Waals surface area contributed by atoms with Crippen molar-refractivity contribution in [3.63, 3.8) is 0 Å². The lowest BCUT2D eigenvalue weighted by atomic mass is 9.86. The maximum absolute atomic E-state index is 12.4. The van der Waals surface area contributed by atoms with E-state index in [0.717, 1.165) is 5.82 Å². The molecule has 1 fully saturated rings. The number of carbonyl (C=O) groups excluding carboxylic acids is 1. The van der Waals surface area contributed by atoms with Crippen LogP contribution < -0.4 is 5.32 Å². The molecular formula is C19H28N6O2. The third-order valence-electron chi connectivity index (χ3n) is 4.79. The van der Waals surface area contributed by atoms with Crippen molar-refractivity contribution < 1.29 is 9.53 Å². The fourth-order valence-corrected chi connectivity index (χ4v) is 3.38. The van der Waals surface area contributed by atoms with Gasteiger partial charge in [-0.3, -0.25) is 0 Å². The number of amides is 1. The standard InChI is InChI=1S/C19H28N6O2/c1-18(2,3)27-17(26)25-12-10-19(11-13-25,16-21-22-23-24(16)4)20-14-15-8-6-5-7-9-15/h5-9,20H,10-14H2,1-4H3. The van der Waals surface area contributed by atoms with Crippen LogP contribution in [0.15, 0.2) is 30.3 Å². The summed E-state index contributed by atoms with van der Waals surface area (Å²) in [7, 11) is 1.85. The van der Waals surface area contributed by atoms with Crippen LogP contribution in [0.3, 0.4) is 0 Å². The first kappa shape index (κ1) is 19.3. The zero-order valence-electron chi connectivity index (χ0n) is 16.5. The van der Waals surface area contributed by atoms with Gasteiger partial charge in [-0.1, -0.05) is 30.3 Å². The van der Waals surface area contributed by atoms with Crippen LogP contribution in [-0.2, 0) is 23.9 Å². The summed E-state index contributed by atoms with van der Waals surface area (Å²) in [6.07, 6.45) is 1.16. The van der Waals surface area contributed by atoms with Crippen LogP contribution in [0.5, 0.6) is 0 Å². The molecule has 0 saturated carbocycles. The first-order valence-corrected chi connectivity index (χ1v) is 9.29. The highest BCUT2D eigenvalue weighted by Gasteiger charge is 2.41. The van der Waals surface area contributed by atoms with Crippen LogP contribution in [0.1, 0.15) is 45.0 Å². The highest BCUT2D eigenvalue weighted by molar-refractivity contribution is 5.68. The summed E-state index contributed by atoms with van der Waals surface area (Å²) in [6, 6.07) is 10.2. The maximum Gasteiger partial charge on any atom is 0.410 e. The van der Waals surface area contributed by atoms with E-state index in [2.05, 4.69) is 33.0 Å². The Kier molecular flexibility index (Phi) is 5.46. The zero-order valence-corrected chi connectivity index (χ0v) is 16.5. The zero-order chi connectivity index (χ0) is 19.5. The Bertz CT molecular complexity index is 760. The van der Waals surface area contributed by atoms with Crippen molar-refractivity contribution in [2.75, 3.05) is 13.1 Å². The fraction of sp³-hybridized carbons (Fsp3) is 0.579. The minimum Gasteiger partial charge on any atom is -0.444 e. The second kappa shape index (κ2) is 7.64. The van der Waals surface area contributed by atoms with Gasteiger partial charge in [-0.25, -0.2) is 9.48 Å². The molecule has 0 atom stereocenters. The molecule has 1 aromatic heterocycles. The van der Waals surface area contributed by atoms with Gasteiger partial charge in [-0.15, -0.1) is 5.10 Å². The van der Waals surface area contributed by atoms with Gasteiger partial charge in [0.25, 0.3) is 0 Å². The Hall–Kier alpha value is -2.48. The molecule has 3 rings (SSSR count). The summed E-state index contributed by atoms with van der Waals surface area (Å²) in [4.78, 5) is 14.2. The van der Waals surface area contributed by atoms with Crippen molar-refractivity contribution in [2.45, 2.75) is 51.3 Å². The van der Waals surface area contributed by atoms with Gasteiger partial charge in [-0.2, -0.15) is 0 Å². The van der Waals surface area contributed by atoms with Crippen LogP contribution in [0.2, 0.25) is 0 Å². The van der Waals surface area contributed by atoms with Gasteiger partial charge in [-0.05, 0) is 49.6 Å². The van der Waals surface area contributed by atoms with Gasteiger partial charge in [0.2, 0.25) is 0 Å². The van der Waals surface area contributed by atoms with Crippen molar-refractivity contribution in [2.24, 2.45) is 7.05 Å². The number of aromatic nitrogens is 4. The molecule has 1 amide bonds. The first-order chi connectivity index (χ1) is 12.8. The second-order valence-electron chi connectivity index (χ2n) is 8.01. The summed E-state index contributed by atoms with van der Waals surface area (Å²) in [5.74, 6) is 0.794. The smallest absolute Gasteiger partial charge is 0.410 e.